The third-order valence-electron chi connectivity index (χ3n) is 5.00. The molecule has 0 heterocycles. The van der Waals surface area contributed by atoms with E-state index in [2.05, 4.69) is 32.9 Å². The molecule has 0 saturated heterocycles. The Kier molecular flexibility index (Phi) is 15.6. The number of hydrogen-bond donors (Lipinski definition) is 0. The molecule has 0 saturated carbocycles. The summed E-state index contributed by atoms with van der Waals surface area (Å²) in [5, 5.41) is 0. The topological polar surface area (TPSA) is 141 Å². The summed E-state index contributed by atoms with van der Waals surface area (Å²) in [5.74, 6) is -3.70. The second kappa shape index (κ2) is 17.4. The van der Waals surface area contributed by atoms with Gasteiger partial charge in [-0.2, -0.15) is 0 Å². The second-order valence-electron chi connectivity index (χ2n) is 7.91. The van der Waals surface area contributed by atoms with Gasteiger partial charge in [-0.15, -0.1) is 0 Å². The van der Waals surface area contributed by atoms with Gasteiger partial charge in [0.2, 0.25) is 0 Å². The molecule has 204 valence electrons. The molecule has 0 atom stereocenters. The van der Waals surface area contributed by atoms with E-state index in [9.17, 15) is 24.0 Å². The van der Waals surface area contributed by atoms with Gasteiger partial charge in [0, 0.05) is 30.4 Å². The number of carbonyl (C=O) groups is 5. The van der Waals surface area contributed by atoms with Crippen molar-refractivity contribution in [3.05, 3.63) is 63.3 Å². The van der Waals surface area contributed by atoms with Gasteiger partial charge in [0.15, 0.2) is 0 Å². The molecule has 0 rings (SSSR count). The van der Waals surface area contributed by atoms with Crippen LogP contribution in [-0.2, 0) is 52.4 Å². The lowest BCUT2D eigenvalue weighted by molar-refractivity contribution is -0.165. The lowest BCUT2D eigenvalue weighted by Crippen LogP contribution is -2.45. The maximum absolute atomic E-state index is 11.7. The Morgan fingerprint density at radius 1 is 0.486 bits per heavy atom. The van der Waals surface area contributed by atoms with Crippen molar-refractivity contribution in [1.82, 2.24) is 0 Å². The molecule has 0 aromatic carbocycles. The SMILES string of the molecule is C=CC(=O)OCC(CC)(COCC(COC(=O)C=C)(COC(=O)C=C)COC(=O)C=C)COC(=O)C=C. The van der Waals surface area contributed by atoms with Crippen molar-refractivity contribution < 1.29 is 52.4 Å². The van der Waals surface area contributed by atoms with E-state index in [0.717, 1.165) is 30.4 Å². The van der Waals surface area contributed by atoms with Gasteiger partial charge in [-0.1, -0.05) is 39.8 Å². The third kappa shape index (κ3) is 13.0. The Balaban J connectivity index is 5.92. The molecule has 0 spiro atoms. The maximum Gasteiger partial charge on any atom is 0.330 e. The van der Waals surface area contributed by atoms with Crippen LogP contribution in [0.4, 0.5) is 0 Å². The van der Waals surface area contributed by atoms with Crippen LogP contribution in [-0.4, -0.2) is 76.1 Å². The minimum absolute atomic E-state index is 0.125. The van der Waals surface area contributed by atoms with Crippen LogP contribution < -0.4 is 0 Å². The smallest absolute Gasteiger partial charge is 0.330 e. The van der Waals surface area contributed by atoms with E-state index in [1.165, 1.54) is 0 Å². The largest absolute Gasteiger partial charge is 0.462 e. The zero-order chi connectivity index (χ0) is 28.3. The lowest BCUT2D eigenvalue weighted by atomic mass is 9.87. The predicted molar refractivity (Wildman–Crippen MR) is 132 cm³/mol. The average Bonchev–Trinajstić information content (AvgIpc) is 2.93. The van der Waals surface area contributed by atoms with Crippen LogP contribution in [0, 0.1) is 10.8 Å². The molecule has 0 radical (unpaired) electrons. The zero-order valence-corrected chi connectivity index (χ0v) is 21.1. The molecule has 0 aliphatic rings. The van der Waals surface area contributed by atoms with Crippen molar-refractivity contribution >= 4 is 29.8 Å². The van der Waals surface area contributed by atoms with Gasteiger partial charge in [0.05, 0.1) is 24.0 Å². The molecule has 0 N–H and O–H groups in total. The van der Waals surface area contributed by atoms with E-state index in [4.69, 9.17) is 28.4 Å². The van der Waals surface area contributed by atoms with Gasteiger partial charge in [0.1, 0.15) is 33.0 Å². The first-order valence-corrected chi connectivity index (χ1v) is 11.1. The predicted octanol–water partition coefficient (Wildman–Crippen LogP) is 2.03. The summed E-state index contributed by atoms with van der Waals surface area (Å²) in [7, 11) is 0. The molecule has 0 bridgehead atoms. The molecule has 0 fully saturated rings. The molecule has 11 nitrogen and oxygen atoms in total. The van der Waals surface area contributed by atoms with Crippen LogP contribution in [0.25, 0.3) is 0 Å². The zero-order valence-electron chi connectivity index (χ0n) is 21.1. The number of hydrogen-bond acceptors (Lipinski definition) is 11. The summed E-state index contributed by atoms with van der Waals surface area (Å²) in [5.41, 5.74) is -2.35. The van der Waals surface area contributed by atoms with Crippen molar-refractivity contribution in [2.24, 2.45) is 10.8 Å². The van der Waals surface area contributed by atoms with Crippen LogP contribution in [0.5, 0.6) is 0 Å². The Labute approximate surface area is 216 Å². The first kappa shape index (κ1) is 33.0. The maximum atomic E-state index is 11.7. The van der Waals surface area contributed by atoms with E-state index in [1.54, 1.807) is 6.92 Å². The van der Waals surface area contributed by atoms with Gasteiger partial charge in [-0.25, -0.2) is 24.0 Å². The molecule has 0 aliphatic carbocycles. The van der Waals surface area contributed by atoms with Crippen LogP contribution in [0.1, 0.15) is 13.3 Å². The highest BCUT2D eigenvalue weighted by Gasteiger charge is 2.39. The van der Waals surface area contributed by atoms with Crippen molar-refractivity contribution in [2.75, 3.05) is 46.2 Å². The molecular weight excluding hydrogens is 488 g/mol. The highest BCUT2D eigenvalue weighted by molar-refractivity contribution is 5.82. The molecule has 0 aromatic heterocycles. The monoisotopic (exact) mass is 522 g/mol. The number of carbonyl (C=O) groups excluding carboxylic acids is 5. The first-order chi connectivity index (χ1) is 17.5. The standard InChI is InChI=1S/C26H34O11/c1-7-20(27)33-15-25(12-6,16-34-21(28)8-2)13-32-14-26(17-35-22(29)9-3,18-36-23(30)10-4)19-37-24(31)11-5/h7-11H,1-5,12-19H2,6H3. The quantitative estimate of drug-likeness (QED) is 0.132. The summed E-state index contributed by atoms with van der Waals surface area (Å²) in [6.07, 6.45) is 5.11. The van der Waals surface area contributed by atoms with E-state index in [1.807, 2.05) is 0 Å². The first-order valence-electron chi connectivity index (χ1n) is 11.1. The number of ether oxygens (including phenoxy) is 6. The Morgan fingerprint density at radius 2 is 0.730 bits per heavy atom. The van der Waals surface area contributed by atoms with E-state index in [-0.39, 0.29) is 46.2 Å². The van der Waals surface area contributed by atoms with Crippen molar-refractivity contribution in [2.45, 2.75) is 13.3 Å². The van der Waals surface area contributed by atoms with Gasteiger partial charge in [-0.3, -0.25) is 0 Å². The number of rotatable bonds is 20. The van der Waals surface area contributed by atoms with Gasteiger partial charge in [-0.05, 0) is 6.42 Å². The lowest BCUT2D eigenvalue weighted by Gasteiger charge is -2.35. The summed E-state index contributed by atoms with van der Waals surface area (Å²) in [4.78, 5) is 58.5. The van der Waals surface area contributed by atoms with Crippen LogP contribution >= 0.6 is 0 Å². The summed E-state index contributed by atoms with van der Waals surface area (Å²) < 4.78 is 31.7. The van der Waals surface area contributed by atoms with Gasteiger partial charge < -0.3 is 28.4 Å². The highest BCUT2D eigenvalue weighted by Crippen LogP contribution is 2.27. The highest BCUT2D eigenvalue weighted by atomic mass is 16.6. The number of esters is 5. The minimum Gasteiger partial charge on any atom is -0.462 e. The molecule has 0 aliphatic heterocycles. The Morgan fingerprint density at radius 3 is 0.973 bits per heavy atom. The fraction of sp³-hybridized carbons (Fsp3) is 0.423. The van der Waals surface area contributed by atoms with Crippen LogP contribution in [0.2, 0.25) is 0 Å². The molecule has 11 heteroatoms. The van der Waals surface area contributed by atoms with E-state index in [0.29, 0.717) is 6.42 Å². The van der Waals surface area contributed by atoms with Crippen molar-refractivity contribution in [3.8, 4) is 0 Å². The molecular formula is C26H34O11. The van der Waals surface area contributed by atoms with Crippen molar-refractivity contribution in [1.29, 1.82) is 0 Å². The molecule has 37 heavy (non-hydrogen) atoms. The summed E-state index contributed by atoms with van der Waals surface area (Å²) in [6.45, 7) is 16.5. The van der Waals surface area contributed by atoms with E-state index >= 15 is 0 Å². The Bertz CT molecular complexity index is 788. The van der Waals surface area contributed by atoms with Gasteiger partial charge in [0.25, 0.3) is 0 Å². The molecule has 0 amide bonds. The summed E-state index contributed by atoms with van der Waals surface area (Å²) >= 11 is 0. The van der Waals surface area contributed by atoms with Crippen molar-refractivity contribution in [3.63, 3.8) is 0 Å². The van der Waals surface area contributed by atoms with Crippen LogP contribution in [0.3, 0.4) is 0 Å². The van der Waals surface area contributed by atoms with Crippen LogP contribution in [0.15, 0.2) is 63.3 Å². The fourth-order valence-corrected chi connectivity index (χ4v) is 2.58. The minimum atomic E-state index is -1.36. The normalized spacial score (nSPS) is 10.7. The average molecular weight is 523 g/mol. The molecule has 0 aromatic rings. The van der Waals surface area contributed by atoms with Gasteiger partial charge >= 0.3 is 29.8 Å². The molecule has 0 unspecified atom stereocenters. The second-order valence-corrected chi connectivity index (χ2v) is 7.91. The Hall–Kier alpha value is -3.99. The third-order valence-corrected chi connectivity index (χ3v) is 5.00. The fourth-order valence-electron chi connectivity index (χ4n) is 2.58. The summed E-state index contributed by atoms with van der Waals surface area (Å²) in [6, 6.07) is 0. The van der Waals surface area contributed by atoms with E-state index < -0.39 is 40.7 Å².